The van der Waals surface area contributed by atoms with E-state index in [1.807, 2.05) is 12.1 Å². The number of sulfonamides is 1. The van der Waals surface area contributed by atoms with Gasteiger partial charge in [0.2, 0.25) is 0 Å². The van der Waals surface area contributed by atoms with Gasteiger partial charge in [0.1, 0.15) is 5.82 Å². The van der Waals surface area contributed by atoms with Gasteiger partial charge < -0.3 is 9.88 Å². The summed E-state index contributed by atoms with van der Waals surface area (Å²) in [6.07, 6.45) is 1.31. The first-order valence-electron chi connectivity index (χ1n) is 6.85. The van der Waals surface area contributed by atoms with E-state index in [9.17, 15) is 8.42 Å². The molecule has 1 aromatic heterocycles. The van der Waals surface area contributed by atoms with Gasteiger partial charge >= 0.3 is 0 Å². The summed E-state index contributed by atoms with van der Waals surface area (Å²) in [5.74, 6) is 0.562. The molecule has 2 aromatic rings. The molecule has 6 nitrogen and oxygen atoms in total. The first-order valence-corrected chi connectivity index (χ1v) is 8.34. The van der Waals surface area contributed by atoms with E-state index in [1.165, 1.54) is 6.20 Å². The van der Waals surface area contributed by atoms with E-state index in [2.05, 4.69) is 33.4 Å². The van der Waals surface area contributed by atoms with Crippen LogP contribution < -0.4 is 9.62 Å². The van der Waals surface area contributed by atoms with Crippen LogP contribution in [0.25, 0.3) is 0 Å². The molecular weight excluding hydrogens is 288 g/mol. The number of imidazole rings is 1. The zero-order valence-corrected chi connectivity index (χ0v) is 13.2. The Labute approximate surface area is 125 Å². The van der Waals surface area contributed by atoms with Crippen LogP contribution in [0.15, 0.2) is 35.5 Å². The molecule has 1 heterocycles. The number of aromatic amines is 1. The Kier molecular flexibility index (Phi) is 4.52. The highest BCUT2D eigenvalue weighted by molar-refractivity contribution is 7.92. The van der Waals surface area contributed by atoms with Gasteiger partial charge in [-0.3, -0.25) is 4.72 Å². The fraction of sp³-hybridized carbons (Fsp3) is 0.357. The molecule has 114 valence electrons. The number of aromatic nitrogens is 2. The van der Waals surface area contributed by atoms with Crippen LogP contribution in [0.5, 0.6) is 0 Å². The van der Waals surface area contributed by atoms with Crippen molar-refractivity contribution in [1.82, 2.24) is 9.97 Å². The van der Waals surface area contributed by atoms with E-state index in [1.54, 1.807) is 19.1 Å². The third-order valence-electron chi connectivity index (χ3n) is 3.22. The van der Waals surface area contributed by atoms with Crippen molar-refractivity contribution in [1.29, 1.82) is 0 Å². The average molecular weight is 308 g/mol. The number of benzene rings is 1. The summed E-state index contributed by atoms with van der Waals surface area (Å²) in [5, 5.41) is 0.0628. The van der Waals surface area contributed by atoms with E-state index in [4.69, 9.17) is 0 Å². The van der Waals surface area contributed by atoms with Crippen molar-refractivity contribution in [2.45, 2.75) is 25.8 Å². The Morgan fingerprint density at radius 2 is 1.81 bits per heavy atom. The maximum absolute atomic E-state index is 12.2. The second-order valence-corrected chi connectivity index (χ2v) is 6.31. The molecule has 7 heteroatoms. The van der Waals surface area contributed by atoms with Crippen LogP contribution in [0.3, 0.4) is 0 Å². The normalized spacial score (nSPS) is 11.4. The first kappa shape index (κ1) is 15.4. The van der Waals surface area contributed by atoms with Crippen LogP contribution >= 0.6 is 0 Å². The molecule has 0 aliphatic heterocycles. The Morgan fingerprint density at radius 1 is 1.19 bits per heavy atom. The lowest BCUT2D eigenvalue weighted by Crippen LogP contribution is -2.21. The summed E-state index contributed by atoms with van der Waals surface area (Å²) >= 11 is 0. The second-order valence-electron chi connectivity index (χ2n) is 4.66. The number of hydrogen-bond donors (Lipinski definition) is 2. The van der Waals surface area contributed by atoms with Gasteiger partial charge in [-0.15, -0.1) is 0 Å². The average Bonchev–Trinajstić information content (AvgIpc) is 2.89. The van der Waals surface area contributed by atoms with Crippen LogP contribution in [0.2, 0.25) is 0 Å². The molecule has 21 heavy (non-hydrogen) atoms. The van der Waals surface area contributed by atoms with Crippen LogP contribution in [-0.2, 0) is 10.0 Å². The molecule has 0 spiro atoms. The Morgan fingerprint density at radius 3 is 2.29 bits per heavy atom. The molecule has 1 aromatic carbocycles. The molecule has 2 N–H and O–H groups in total. The Balaban J connectivity index is 2.17. The van der Waals surface area contributed by atoms with Gasteiger partial charge in [-0.2, -0.15) is 8.42 Å². The van der Waals surface area contributed by atoms with Gasteiger partial charge in [-0.05, 0) is 45.0 Å². The minimum absolute atomic E-state index is 0.0628. The summed E-state index contributed by atoms with van der Waals surface area (Å²) in [4.78, 5) is 8.81. The molecule has 0 aliphatic rings. The van der Waals surface area contributed by atoms with Gasteiger partial charge in [-0.25, -0.2) is 4.98 Å². The third-order valence-corrected chi connectivity index (χ3v) is 4.51. The van der Waals surface area contributed by atoms with Crippen molar-refractivity contribution in [3.63, 3.8) is 0 Å². The fourth-order valence-corrected chi connectivity index (χ4v) is 3.10. The second kappa shape index (κ2) is 6.17. The minimum atomic E-state index is -3.62. The highest BCUT2D eigenvalue weighted by Crippen LogP contribution is 2.20. The Bertz CT molecular complexity index is 688. The number of aryl methyl sites for hydroxylation is 1. The van der Waals surface area contributed by atoms with E-state index < -0.39 is 10.0 Å². The van der Waals surface area contributed by atoms with Crippen LogP contribution in [-0.4, -0.2) is 31.5 Å². The van der Waals surface area contributed by atoms with Crippen LogP contribution in [0, 0.1) is 6.92 Å². The SMILES string of the molecule is CCN(CC)c1ccc(NS(=O)(=O)c2cnc(C)[nH]2)cc1. The summed E-state index contributed by atoms with van der Waals surface area (Å²) in [7, 11) is -3.62. The zero-order chi connectivity index (χ0) is 15.5. The summed E-state index contributed by atoms with van der Waals surface area (Å²) in [6.45, 7) is 7.70. The summed E-state index contributed by atoms with van der Waals surface area (Å²) < 4.78 is 26.8. The largest absolute Gasteiger partial charge is 0.372 e. The number of nitrogens with one attached hydrogen (secondary N) is 2. The lowest BCUT2D eigenvalue weighted by molar-refractivity contribution is 0.598. The van der Waals surface area contributed by atoms with Crippen molar-refractivity contribution >= 4 is 21.4 Å². The predicted octanol–water partition coefficient (Wildman–Crippen LogP) is 2.37. The lowest BCUT2D eigenvalue weighted by Gasteiger charge is -2.21. The standard InChI is InChI=1S/C14H20N4O2S/c1-4-18(5-2)13-8-6-12(7-9-13)17-21(19,20)14-10-15-11(3)16-14/h6-10,17H,4-5H2,1-3H3,(H,15,16). The number of H-pyrrole nitrogens is 1. The van der Waals surface area contributed by atoms with E-state index >= 15 is 0 Å². The van der Waals surface area contributed by atoms with Crippen LogP contribution in [0.1, 0.15) is 19.7 Å². The highest BCUT2D eigenvalue weighted by Gasteiger charge is 2.16. The first-order chi connectivity index (χ1) is 9.96. The molecule has 0 saturated carbocycles. The number of hydrogen-bond acceptors (Lipinski definition) is 4. The Hall–Kier alpha value is -2.02. The van der Waals surface area contributed by atoms with Gasteiger partial charge in [0.05, 0.1) is 6.20 Å². The lowest BCUT2D eigenvalue weighted by atomic mass is 10.2. The van der Waals surface area contributed by atoms with E-state index in [0.717, 1.165) is 18.8 Å². The molecule has 0 bridgehead atoms. The molecule has 0 atom stereocenters. The molecule has 0 unspecified atom stereocenters. The van der Waals surface area contributed by atoms with Gasteiger partial charge in [0, 0.05) is 24.5 Å². The highest BCUT2D eigenvalue weighted by atomic mass is 32.2. The fourth-order valence-electron chi connectivity index (χ4n) is 2.07. The maximum Gasteiger partial charge on any atom is 0.278 e. The molecule has 2 rings (SSSR count). The quantitative estimate of drug-likeness (QED) is 0.859. The topological polar surface area (TPSA) is 78.1 Å². The number of nitrogens with zero attached hydrogens (tertiary/aromatic N) is 2. The van der Waals surface area contributed by atoms with E-state index in [-0.39, 0.29) is 5.03 Å². The van der Waals surface area contributed by atoms with Gasteiger partial charge in [0.25, 0.3) is 10.0 Å². The molecule has 0 fully saturated rings. The monoisotopic (exact) mass is 308 g/mol. The van der Waals surface area contributed by atoms with Gasteiger partial charge in [0.15, 0.2) is 5.03 Å². The molecular formula is C14H20N4O2S. The van der Waals surface area contributed by atoms with Gasteiger partial charge in [-0.1, -0.05) is 0 Å². The zero-order valence-electron chi connectivity index (χ0n) is 12.4. The van der Waals surface area contributed by atoms with Crippen molar-refractivity contribution in [3.05, 3.63) is 36.3 Å². The van der Waals surface area contributed by atoms with E-state index in [0.29, 0.717) is 11.5 Å². The minimum Gasteiger partial charge on any atom is -0.372 e. The van der Waals surface area contributed by atoms with Crippen molar-refractivity contribution in [2.24, 2.45) is 0 Å². The summed E-state index contributed by atoms with van der Waals surface area (Å²) in [5.41, 5.74) is 1.60. The predicted molar refractivity (Wildman–Crippen MR) is 84.1 cm³/mol. The molecule has 0 amide bonds. The smallest absolute Gasteiger partial charge is 0.278 e. The third kappa shape index (κ3) is 3.55. The molecule has 0 radical (unpaired) electrons. The molecule has 0 aliphatic carbocycles. The van der Waals surface area contributed by atoms with Crippen molar-refractivity contribution in [2.75, 3.05) is 22.7 Å². The summed E-state index contributed by atoms with van der Waals surface area (Å²) in [6, 6.07) is 7.33. The maximum atomic E-state index is 12.2. The number of anilines is 2. The number of rotatable bonds is 6. The van der Waals surface area contributed by atoms with Crippen molar-refractivity contribution in [3.8, 4) is 0 Å². The molecule has 0 saturated heterocycles. The van der Waals surface area contributed by atoms with Crippen LogP contribution in [0.4, 0.5) is 11.4 Å². The van der Waals surface area contributed by atoms with Crippen molar-refractivity contribution < 1.29 is 8.42 Å².